The first-order chi connectivity index (χ1) is 6.15. The zero-order chi connectivity index (χ0) is 9.84. The summed E-state index contributed by atoms with van der Waals surface area (Å²) in [4.78, 5) is 0. The predicted octanol–water partition coefficient (Wildman–Crippen LogP) is 0.848. The Bertz CT molecular complexity index is 248. The summed E-state index contributed by atoms with van der Waals surface area (Å²) in [5.74, 6) is 0. The molecule has 0 bridgehead atoms. The van der Waals surface area contributed by atoms with Crippen LogP contribution in [0.1, 0.15) is 17.8 Å². The summed E-state index contributed by atoms with van der Waals surface area (Å²) in [6.07, 6.45) is 0.00792. The van der Waals surface area contributed by atoms with Gasteiger partial charge in [-0.2, -0.15) is 0 Å². The molecule has 0 saturated heterocycles. The van der Waals surface area contributed by atoms with Crippen molar-refractivity contribution in [3.63, 3.8) is 0 Å². The SMILES string of the molecule is Cc1ccc(C)n1CCC(O)CO. The molecule has 0 aliphatic heterocycles. The molecule has 74 valence electrons. The average molecular weight is 183 g/mol. The molecule has 3 heteroatoms. The van der Waals surface area contributed by atoms with Crippen LogP contribution in [0.25, 0.3) is 0 Å². The maximum absolute atomic E-state index is 9.18. The fourth-order valence-electron chi connectivity index (χ4n) is 1.42. The van der Waals surface area contributed by atoms with Crippen molar-refractivity contribution in [2.24, 2.45) is 0 Å². The number of hydrogen-bond acceptors (Lipinski definition) is 2. The van der Waals surface area contributed by atoms with Crippen LogP contribution in [-0.2, 0) is 6.54 Å². The number of aromatic nitrogens is 1. The Labute approximate surface area is 78.6 Å². The first-order valence-electron chi connectivity index (χ1n) is 4.57. The molecular formula is C10H17NO2. The normalized spacial score (nSPS) is 13.2. The summed E-state index contributed by atoms with van der Waals surface area (Å²) >= 11 is 0. The van der Waals surface area contributed by atoms with Crippen molar-refractivity contribution in [3.8, 4) is 0 Å². The number of hydrogen-bond donors (Lipinski definition) is 2. The molecule has 1 heterocycles. The highest BCUT2D eigenvalue weighted by Crippen LogP contribution is 2.08. The van der Waals surface area contributed by atoms with Crippen LogP contribution in [0.5, 0.6) is 0 Å². The number of aliphatic hydroxyl groups excluding tert-OH is 2. The van der Waals surface area contributed by atoms with E-state index < -0.39 is 6.10 Å². The summed E-state index contributed by atoms with van der Waals surface area (Å²) in [7, 11) is 0. The van der Waals surface area contributed by atoms with Crippen molar-refractivity contribution in [2.45, 2.75) is 32.9 Å². The molecule has 0 fully saturated rings. The van der Waals surface area contributed by atoms with E-state index in [2.05, 4.69) is 16.7 Å². The van der Waals surface area contributed by atoms with Gasteiger partial charge in [-0.25, -0.2) is 0 Å². The van der Waals surface area contributed by atoms with E-state index in [1.165, 1.54) is 11.4 Å². The molecule has 0 saturated carbocycles. The molecule has 3 nitrogen and oxygen atoms in total. The van der Waals surface area contributed by atoms with Crippen LogP contribution < -0.4 is 0 Å². The minimum atomic E-state index is -0.596. The molecule has 0 radical (unpaired) electrons. The number of aliphatic hydroxyl groups is 2. The zero-order valence-corrected chi connectivity index (χ0v) is 8.20. The van der Waals surface area contributed by atoms with Crippen LogP contribution in [-0.4, -0.2) is 27.5 Å². The lowest BCUT2D eigenvalue weighted by Gasteiger charge is -2.11. The van der Waals surface area contributed by atoms with Gasteiger partial charge in [-0.05, 0) is 32.4 Å². The molecule has 1 aromatic rings. The lowest BCUT2D eigenvalue weighted by molar-refractivity contribution is 0.0844. The van der Waals surface area contributed by atoms with Crippen molar-refractivity contribution >= 4 is 0 Å². The summed E-state index contributed by atoms with van der Waals surface area (Å²) in [6, 6.07) is 4.11. The Morgan fingerprint density at radius 3 is 2.31 bits per heavy atom. The van der Waals surface area contributed by atoms with Crippen LogP contribution in [0.2, 0.25) is 0 Å². The van der Waals surface area contributed by atoms with Gasteiger partial charge in [0, 0.05) is 17.9 Å². The number of rotatable bonds is 4. The van der Waals surface area contributed by atoms with Gasteiger partial charge in [-0.15, -0.1) is 0 Å². The Hall–Kier alpha value is -0.800. The van der Waals surface area contributed by atoms with E-state index in [-0.39, 0.29) is 6.61 Å². The minimum Gasteiger partial charge on any atom is -0.394 e. The highest BCUT2D eigenvalue weighted by Gasteiger charge is 2.04. The summed E-state index contributed by atoms with van der Waals surface area (Å²) < 4.78 is 2.14. The van der Waals surface area contributed by atoms with E-state index in [0.717, 1.165) is 6.54 Å². The maximum Gasteiger partial charge on any atom is 0.0787 e. The van der Waals surface area contributed by atoms with Gasteiger partial charge in [-0.1, -0.05) is 0 Å². The van der Waals surface area contributed by atoms with Crippen LogP contribution >= 0.6 is 0 Å². The van der Waals surface area contributed by atoms with Gasteiger partial charge in [0.2, 0.25) is 0 Å². The van der Waals surface area contributed by atoms with Crippen LogP contribution in [0.15, 0.2) is 12.1 Å². The van der Waals surface area contributed by atoms with E-state index in [4.69, 9.17) is 5.11 Å². The van der Waals surface area contributed by atoms with E-state index in [0.29, 0.717) is 6.42 Å². The lowest BCUT2D eigenvalue weighted by Crippen LogP contribution is -2.16. The largest absolute Gasteiger partial charge is 0.394 e. The van der Waals surface area contributed by atoms with Crippen molar-refractivity contribution in [1.29, 1.82) is 0 Å². The van der Waals surface area contributed by atoms with E-state index in [1.54, 1.807) is 0 Å². The second-order valence-corrected chi connectivity index (χ2v) is 3.39. The number of nitrogens with zero attached hydrogens (tertiary/aromatic N) is 1. The van der Waals surface area contributed by atoms with Crippen LogP contribution in [0.3, 0.4) is 0 Å². The van der Waals surface area contributed by atoms with E-state index in [1.807, 2.05) is 13.8 Å². The molecule has 0 amide bonds. The Balaban J connectivity index is 2.53. The third-order valence-corrected chi connectivity index (χ3v) is 2.31. The minimum absolute atomic E-state index is 0.153. The fraction of sp³-hybridized carbons (Fsp3) is 0.600. The molecule has 1 rings (SSSR count). The lowest BCUT2D eigenvalue weighted by atomic mass is 10.2. The predicted molar refractivity (Wildman–Crippen MR) is 51.6 cm³/mol. The first kappa shape index (κ1) is 10.3. The van der Waals surface area contributed by atoms with Gasteiger partial charge < -0.3 is 14.8 Å². The third-order valence-electron chi connectivity index (χ3n) is 2.31. The van der Waals surface area contributed by atoms with Crippen molar-refractivity contribution in [1.82, 2.24) is 4.57 Å². The highest BCUT2D eigenvalue weighted by atomic mass is 16.3. The molecule has 0 aliphatic carbocycles. The van der Waals surface area contributed by atoms with Crippen molar-refractivity contribution < 1.29 is 10.2 Å². The smallest absolute Gasteiger partial charge is 0.0787 e. The van der Waals surface area contributed by atoms with Gasteiger partial charge in [0.15, 0.2) is 0 Å². The quantitative estimate of drug-likeness (QED) is 0.727. The molecule has 1 aromatic heterocycles. The fourth-order valence-corrected chi connectivity index (χ4v) is 1.42. The molecule has 0 aliphatic rings. The van der Waals surface area contributed by atoms with Crippen molar-refractivity contribution in [3.05, 3.63) is 23.5 Å². The number of aryl methyl sites for hydroxylation is 2. The zero-order valence-electron chi connectivity index (χ0n) is 8.20. The molecule has 2 N–H and O–H groups in total. The van der Waals surface area contributed by atoms with Gasteiger partial charge in [0.05, 0.1) is 12.7 Å². The summed E-state index contributed by atoms with van der Waals surface area (Å²) in [5.41, 5.74) is 2.39. The van der Waals surface area contributed by atoms with Gasteiger partial charge in [0.25, 0.3) is 0 Å². The van der Waals surface area contributed by atoms with Crippen LogP contribution in [0, 0.1) is 13.8 Å². The van der Waals surface area contributed by atoms with Gasteiger partial charge in [0.1, 0.15) is 0 Å². The second kappa shape index (κ2) is 4.44. The molecule has 0 aromatic carbocycles. The Morgan fingerprint density at radius 1 is 1.31 bits per heavy atom. The maximum atomic E-state index is 9.18. The van der Waals surface area contributed by atoms with Crippen molar-refractivity contribution in [2.75, 3.05) is 6.61 Å². The first-order valence-corrected chi connectivity index (χ1v) is 4.57. The summed E-state index contributed by atoms with van der Waals surface area (Å²) in [6.45, 7) is 4.70. The van der Waals surface area contributed by atoms with Gasteiger partial charge in [-0.3, -0.25) is 0 Å². The average Bonchev–Trinajstić information content (AvgIpc) is 2.43. The van der Waals surface area contributed by atoms with E-state index >= 15 is 0 Å². The van der Waals surface area contributed by atoms with Crippen LogP contribution in [0.4, 0.5) is 0 Å². The van der Waals surface area contributed by atoms with E-state index in [9.17, 15) is 5.11 Å². The highest BCUT2D eigenvalue weighted by molar-refractivity contribution is 5.13. The molecular weight excluding hydrogens is 166 g/mol. The van der Waals surface area contributed by atoms with Gasteiger partial charge >= 0.3 is 0 Å². The Morgan fingerprint density at radius 2 is 1.85 bits per heavy atom. The second-order valence-electron chi connectivity index (χ2n) is 3.39. The topological polar surface area (TPSA) is 45.4 Å². The third kappa shape index (κ3) is 2.57. The molecule has 1 unspecified atom stereocenters. The Kier molecular flexibility index (Phi) is 3.51. The molecule has 1 atom stereocenters. The molecule has 13 heavy (non-hydrogen) atoms. The summed E-state index contributed by atoms with van der Waals surface area (Å²) in [5, 5.41) is 17.8. The monoisotopic (exact) mass is 183 g/mol. The molecule has 0 spiro atoms. The standard InChI is InChI=1S/C10H17NO2/c1-8-3-4-9(2)11(8)6-5-10(13)7-12/h3-4,10,12-13H,5-7H2,1-2H3.